The van der Waals surface area contributed by atoms with E-state index in [1.807, 2.05) is 44.2 Å². The van der Waals surface area contributed by atoms with Crippen molar-refractivity contribution in [3.8, 4) is 23.3 Å². The fourth-order valence-electron chi connectivity index (χ4n) is 3.47. The first-order valence-electron chi connectivity index (χ1n) is 11.2. The van der Waals surface area contributed by atoms with Crippen LogP contribution < -0.4 is 15.4 Å². The highest BCUT2D eigenvalue weighted by Crippen LogP contribution is 2.32. The van der Waals surface area contributed by atoms with Gasteiger partial charge in [0.25, 0.3) is 5.91 Å². The van der Waals surface area contributed by atoms with E-state index in [0.717, 1.165) is 24.1 Å². The van der Waals surface area contributed by atoms with Crippen LogP contribution in [0.5, 0.6) is 11.5 Å². The van der Waals surface area contributed by atoms with E-state index in [0.29, 0.717) is 22.7 Å². The molecule has 5 rings (SSSR count). The van der Waals surface area contributed by atoms with E-state index >= 15 is 4.39 Å². The van der Waals surface area contributed by atoms with Gasteiger partial charge in [-0.3, -0.25) is 9.78 Å². The number of aryl methyl sites for hydroxylation is 2. The number of benzene rings is 2. The predicted molar refractivity (Wildman–Crippen MR) is 132 cm³/mol. The third-order valence-electron chi connectivity index (χ3n) is 5.51. The minimum Gasteiger partial charge on any atom is -0.455 e. The number of carbonyl (C=O) groups is 1. The number of nitrogens with zero attached hydrogens (tertiary/aromatic N) is 3. The zero-order chi connectivity index (χ0) is 24.4. The standard InChI is InChI=1S/C27H22FN5O2/c1-16-13-19(7-11-23(16)35-20-8-3-17(2)29-14-20)32-27-25-21(30-15-31-27)9-10-22(26(25)28)33-24(34)12-6-18-4-5-18/h3,7-11,13-15,18H,4-5H2,1-2H3,(H,33,34)(H,30,31,32). The van der Waals surface area contributed by atoms with Gasteiger partial charge in [0.1, 0.15) is 23.6 Å². The van der Waals surface area contributed by atoms with Crippen LogP contribution >= 0.6 is 0 Å². The van der Waals surface area contributed by atoms with Crippen LogP contribution in [0.1, 0.15) is 24.1 Å². The summed E-state index contributed by atoms with van der Waals surface area (Å²) in [6, 6.07) is 12.4. The smallest absolute Gasteiger partial charge is 0.300 e. The lowest BCUT2D eigenvalue weighted by Crippen LogP contribution is -2.10. The number of rotatable bonds is 5. The Morgan fingerprint density at radius 1 is 1.09 bits per heavy atom. The number of pyridine rings is 1. The zero-order valence-electron chi connectivity index (χ0n) is 19.2. The number of hydrogen-bond donors (Lipinski definition) is 2. The second-order valence-electron chi connectivity index (χ2n) is 8.38. The number of anilines is 3. The molecule has 174 valence electrons. The Balaban J connectivity index is 1.39. The third-order valence-corrected chi connectivity index (χ3v) is 5.51. The van der Waals surface area contributed by atoms with E-state index in [-0.39, 0.29) is 22.8 Å². The molecule has 35 heavy (non-hydrogen) atoms. The van der Waals surface area contributed by atoms with Crippen molar-refractivity contribution in [2.75, 3.05) is 10.6 Å². The molecule has 1 aliphatic rings. The van der Waals surface area contributed by atoms with Crippen LogP contribution in [-0.2, 0) is 4.79 Å². The molecule has 2 aromatic heterocycles. The Hall–Kier alpha value is -4.51. The van der Waals surface area contributed by atoms with Gasteiger partial charge in [-0.25, -0.2) is 14.4 Å². The summed E-state index contributed by atoms with van der Waals surface area (Å²) in [4.78, 5) is 24.7. The van der Waals surface area contributed by atoms with Crippen molar-refractivity contribution < 1.29 is 13.9 Å². The Morgan fingerprint density at radius 2 is 1.94 bits per heavy atom. The minimum absolute atomic E-state index is 0.0251. The summed E-state index contributed by atoms with van der Waals surface area (Å²) < 4.78 is 21.3. The van der Waals surface area contributed by atoms with Gasteiger partial charge in [-0.2, -0.15) is 0 Å². The van der Waals surface area contributed by atoms with E-state index in [1.165, 1.54) is 12.4 Å². The average molecular weight is 468 g/mol. The lowest BCUT2D eigenvalue weighted by Gasteiger charge is -2.13. The molecule has 0 radical (unpaired) electrons. The van der Waals surface area contributed by atoms with Gasteiger partial charge in [0.15, 0.2) is 5.82 Å². The predicted octanol–water partition coefficient (Wildman–Crippen LogP) is 5.67. The number of fused-ring (bicyclic) bond motifs is 1. The fraction of sp³-hybridized carbons (Fsp3) is 0.185. The van der Waals surface area contributed by atoms with Crippen LogP contribution in [0.25, 0.3) is 10.9 Å². The van der Waals surface area contributed by atoms with Crippen LogP contribution in [0.3, 0.4) is 0 Å². The van der Waals surface area contributed by atoms with Crippen LogP contribution in [0.2, 0.25) is 0 Å². The van der Waals surface area contributed by atoms with Gasteiger partial charge in [0, 0.05) is 17.3 Å². The topological polar surface area (TPSA) is 89.0 Å². The van der Waals surface area contributed by atoms with E-state index in [1.54, 1.807) is 12.3 Å². The van der Waals surface area contributed by atoms with Gasteiger partial charge < -0.3 is 15.4 Å². The van der Waals surface area contributed by atoms with Crippen molar-refractivity contribution in [1.29, 1.82) is 0 Å². The number of amides is 1. The normalized spacial score (nSPS) is 12.5. The van der Waals surface area contributed by atoms with E-state index < -0.39 is 11.7 Å². The number of hydrogen-bond acceptors (Lipinski definition) is 6. The molecule has 0 saturated heterocycles. The van der Waals surface area contributed by atoms with E-state index in [2.05, 4.69) is 37.4 Å². The van der Waals surface area contributed by atoms with Gasteiger partial charge in [0.2, 0.25) is 0 Å². The van der Waals surface area contributed by atoms with E-state index in [4.69, 9.17) is 4.74 Å². The molecule has 7 nitrogen and oxygen atoms in total. The molecular weight excluding hydrogens is 445 g/mol. The van der Waals surface area contributed by atoms with Crippen LogP contribution in [-0.4, -0.2) is 20.9 Å². The summed E-state index contributed by atoms with van der Waals surface area (Å²) in [7, 11) is 0. The molecular formula is C27H22FN5O2. The molecule has 2 aromatic carbocycles. The first-order valence-corrected chi connectivity index (χ1v) is 11.2. The molecule has 1 aliphatic carbocycles. The Kier molecular flexibility index (Phi) is 5.98. The van der Waals surface area contributed by atoms with Crippen molar-refractivity contribution in [1.82, 2.24) is 15.0 Å². The number of halogens is 1. The quantitative estimate of drug-likeness (QED) is 0.368. The van der Waals surface area contributed by atoms with Crippen molar-refractivity contribution in [3.05, 3.63) is 72.1 Å². The lowest BCUT2D eigenvalue weighted by atomic mass is 10.1. The fourth-order valence-corrected chi connectivity index (χ4v) is 3.47. The second kappa shape index (κ2) is 9.39. The molecule has 2 heterocycles. The number of carbonyl (C=O) groups excluding carboxylic acids is 1. The maximum absolute atomic E-state index is 15.4. The lowest BCUT2D eigenvalue weighted by molar-refractivity contribution is -0.111. The SMILES string of the molecule is Cc1ccc(Oc2ccc(Nc3ncnc4ccc(NC(=O)C#CC5CC5)c(F)c34)cc2C)cn1. The highest BCUT2D eigenvalue weighted by atomic mass is 19.1. The van der Waals surface area contributed by atoms with Crippen LogP contribution in [0, 0.1) is 37.4 Å². The first-order chi connectivity index (χ1) is 17.0. The Bertz CT molecular complexity index is 1490. The van der Waals surface area contributed by atoms with Crippen molar-refractivity contribution in [2.45, 2.75) is 26.7 Å². The van der Waals surface area contributed by atoms with E-state index in [9.17, 15) is 4.79 Å². The van der Waals surface area contributed by atoms with Crippen molar-refractivity contribution in [2.24, 2.45) is 5.92 Å². The van der Waals surface area contributed by atoms with Gasteiger partial charge in [-0.1, -0.05) is 5.92 Å². The summed E-state index contributed by atoms with van der Waals surface area (Å²) in [5.41, 5.74) is 2.91. The molecule has 0 atom stereocenters. The maximum atomic E-state index is 15.4. The highest BCUT2D eigenvalue weighted by molar-refractivity contribution is 6.05. The van der Waals surface area contributed by atoms with Gasteiger partial charge in [-0.15, -0.1) is 0 Å². The molecule has 1 saturated carbocycles. The molecule has 4 aromatic rings. The molecule has 0 spiro atoms. The molecule has 1 amide bonds. The highest BCUT2D eigenvalue weighted by Gasteiger charge is 2.19. The number of aromatic nitrogens is 3. The maximum Gasteiger partial charge on any atom is 0.300 e. The second-order valence-corrected chi connectivity index (χ2v) is 8.38. The van der Waals surface area contributed by atoms with Crippen molar-refractivity contribution in [3.63, 3.8) is 0 Å². The Morgan fingerprint density at radius 3 is 2.69 bits per heavy atom. The van der Waals surface area contributed by atoms with Crippen LogP contribution in [0.15, 0.2) is 55.0 Å². The largest absolute Gasteiger partial charge is 0.455 e. The molecule has 1 fully saturated rings. The summed E-state index contributed by atoms with van der Waals surface area (Å²) in [5, 5.41) is 5.85. The third kappa shape index (κ3) is 5.20. The molecule has 8 heteroatoms. The number of ether oxygens (including phenoxy) is 1. The summed E-state index contributed by atoms with van der Waals surface area (Å²) in [6.45, 7) is 3.83. The minimum atomic E-state index is -0.629. The summed E-state index contributed by atoms with van der Waals surface area (Å²) in [5.74, 6) is 6.10. The summed E-state index contributed by atoms with van der Waals surface area (Å²) >= 11 is 0. The van der Waals surface area contributed by atoms with Gasteiger partial charge >= 0.3 is 0 Å². The monoisotopic (exact) mass is 467 g/mol. The van der Waals surface area contributed by atoms with Crippen LogP contribution in [0.4, 0.5) is 21.6 Å². The Labute approximate surface area is 201 Å². The molecule has 0 unspecified atom stereocenters. The molecule has 2 N–H and O–H groups in total. The molecule has 0 aliphatic heterocycles. The zero-order valence-corrected chi connectivity index (χ0v) is 19.2. The molecule has 0 bridgehead atoms. The first kappa shape index (κ1) is 22.3. The van der Waals surface area contributed by atoms with Gasteiger partial charge in [0.05, 0.1) is 22.8 Å². The van der Waals surface area contributed by atoms with Gasteiger partial charge in [-0.05, 0) is 80.6 Å². The average Bonchev–Trinajstić information content (AvgIpc) is 3.67. The van der Waals surface area contributed by atoms with Crippen molar-refractivity contribution >= 4 is 34.0 Å². The summed E-state index contributed by atoms with van der Waals surface area (Å²) in [6.07, 6.45) is 5.04. The number of nitrogens with one attached hydrogen (secondary N) is 2.